The minimum Gasteiger partial charge on any atom is -0.478 e. The van der Waals surface area contributed by atoms with Crippen LogP contribution >= 0.6 is 11.8 Å². The Labute approximate surface area is 119 Å². The van der Waals surface area contributed by atoms with E-state index >= 15 is 0 Å². The monoisotopic (exact) mass is 281 g/mol. The molecule has 2 rings (SSSR count). The van der Waals surface area contributed by atoms with E-state index in [2.05, 4.69) is 21.5 Å². The first-order chi connectivity index (χ1) is 9.24. The van der Waals surface area contributed by atoms with Gasteiger partial charge in [-0.2, -0.15) is 11.8 Å². The van der Waals surface area contributed by atoms with Crippen LogP contribution in [0.25, 0.3) is 0 Å². The van der Waals surface area contributed by atoms with Crippen LogP contribution < -0.4 is 10.1 Å². The number of hydrogen-bond donors (Lipinski definition) is 1. The number of anilines is 1. The van der Waals surface area contributed by atoms with Crippen molar-refractivity contribution in [1.29, 1.82) is 0 Å². The van der Waals surface area contributed by atoms with Crippen LogP contribution in [0.4, 0.5) is 5.82 Å². The third kappa shape index (κ3) is 3.75. The highest BCUT2D eigenvalue weighted by Crippen LogP contribution is 2.29. The van der Waals surface area contributed by atoms with E-state index in [1.54, 1.807) is 6.33 Å². The fourth-order valence-electron chi connectivity index (χ4n) is 2.50. The highest BCUT2D eigenvalue weighted by molar-refractivity contribution is 7.99. The molecule has 1 heterocycles. The van der Waals surface area contributed by atoms with Crippen molar-refractivity contribution in [3.05, 3.63) is 11.9 Å². The number of hydrogen-bond acceptors (Lipinski definition) is 5. The van der Waals surface area contributed by atoms with Crippen molar-refractivity contribution in [1.82, 2.24) is 9.97 Å². The molecule has 19 heavy (non-hydrogen) atoms. The molecule has 0 unspecified atom stereocenters. The minimum atomic E-state index is 0.534. The quantitative estimate of drug-likeness (QED) is 0.897. The molecule has 0 atom stereocenters. The van der Waals surface area contributed by atoms with Crippen LogP contribution in [0.15, 0.2) is 6.33 Å². The number of thioether (sulfide) groups is 1. The molecule has 1 aliphatic rings. The molecule has 0 spiro atoms. The lowest BCUT2D eigenvalue weighted by atomic mass is 9.95. The number of rotatable bonds is 5. The lowest BCUT2D eigenvalue weighted by Gasteiger charge is -2.28. The van der Waals surface area contributed by atoms with Crippen molar-refractivity contribution in [2.75, 3.05) is 18.2 Å². The second-order valence-corrected chi connectivity index (χ2v) is 6.08. The van der Waals surface area contributed by atoms with E-state index in [-0.39, 0.29) is 0 Å². The van der Waals surface area contributed by atoms with Crippen LogP contribution in [0.5, 0.6) is 5.88 Å². The Morgan fingerprint density at radius 2 is 2.05 bits per heavy atom. The minimum absolute atomic E-state index is 0.534. The van der Waals surface area contributed by atoms with E-state index in [9.17, 15) is 0 Å². The van der Waals surface area contributed by atoms with Crippen molar-refractivity contribution < 1.29 is 4.74 Å². The Morgan fingerprint density at radius 3 is 2.68 bits per heavy atom. The molecule has 1 saturated carbocycles. The van der Waals surface area contributed by atoms with Gasteiger partial charge in [0, 0.05) is 11.3 Å². The number of ether oxygens (including phenoxy) is 1. The molecule has 1 aromatic rings. The zero-order valence-corrected chi connectivity index (χ0v) is 12.8. The van der Waals surface area contributed by atoms with Gasteiger partial charge in [0.2, 0.25) is 5.88 Å². The van der Waals surface area contributed by atoms with Gasteiger partial charge in [0.15, 0.2) is 0 Å². The second-order valence-electron chi connectivity index (χ2n) is 4.94. The van der Waals surface area contributed by atoms with Crippen molar-refractivity contribution in [2.45, 2.75) is 50.8 Å². The summed E-state index contributed by atoms with van der Waals surface area (Å²) in [6, 6.07) is 0.534. The van der Waals surface area contributed by atoms with Gasteiger partial charge in [-0.1, -0.05) is 0 Å². The molecule has 1 aromatic heterocycles. The lowest BCUT2D eigenvalue weighted by Crippen LogP contribution is -2.27. The average Bonchev–Trinajstić information content (AvgIpc) is 2.44. The summed E-state index contributed by atoms with van der Waals surface area (Å²) < 4.78 is 5.51. The van der Waals surface area contributed by atoms with Crippen LogP contribution in [0.1, 0.15) is 38.2 Å². The first-order valence-corrected chi connectivity index (χ1v) is 8.27. The highest BCUT2D eigenvalue weighted by atomic mass is 32.2. The SMILES string of the molecule is CCOc1ncnc(NC2CCC(SC)CC2)c1C. The lowest BCUT2D eigenvalue weighted by molar-refractivity contribution is 0.323. The fraction of sp³-hybridized carbons (Fsp3) is 0.714. The molecule has 5 heteroatoms. The average molecular weight is 281 g/mol. The molecule has 0 aliphatic heterocycles. The first kappa shape index (κ1) is 14.4. The van der Waals surface area contributed by atoms with E-state index < -0.39 is 0 Å². The van der Waals surface area contributed by atoms with Crippen LogP contribution in [0.2, 0.25) is 0 Å². The summed E-state index contributed by atoms with van der Waals surface area (Å²) in [4.78, 5) is 8.52. The second kappa shape index (κ2) is 6.98. The van der Waals surface area contributed by atoms with Gasteiger partial charge in [-0.15, -0.1) is 0 Å². The van der Waals surface area contributed by atoms with E-state index in [0.717, 1.165) is 16.6 Å². The van der Waals surface area contributed by atoms with E-state index in [4.69, 9.17) is 4.74 Å². The zero-order chi connectivity index (χ0) is 13.7. The summed E-state index contributed by atoms with van der Waals surface area (Å²) in [5.74, 6) is 1.61. The molecule has 0 amide bonds. The Hall–Kier alpha value is -0.970. The summed E-state index contributed by atoms with van der Waals surface area (Å²) in [5.41, 5.74) is 1.01. The summed E-state index contributed by atoms with van der Waals surface area (Å²) in [7, 11) is 0. The molecule has 1 N–H and O–H groups in total. The van der Waals surface area contributed by atoms with E-state index in [1.165, 1.54) is 25.7 Å². The summed E-state index contributed by atoms with van der Waals surface area (Å²) in [5, 5.41) is 4.39. The maximum Gasteiger partial charge on any atom is 0.221 e. The summed E-state index contributed by atoms with van der Waals surface area (Å²) >= 11 is 1.99. The standard InChI is InChI=1S/C14H23N3OS/c1-4-18-14-10(2)13(15-9-16-14)17-11-5-7-12(19-3)8-6-11/h9,11-12H,4-8H2,1-3H3,(H,15,16,17). The van der Waals surface area contributed by atoms with Gasteiger partial charge in [0.05, 0.1) is 12.2 Å². The maximum atomic E-state index is 5.51. The Balaban J connectivity index is 1.98. The highest BCUT2D eigenvalue weighted by Gasteiger charge is 2.21. The largest absolute Gasteiger partial charge is 0.478 e. The van der Waals surface area contributed by atoms with E-state index in [0.29, 0.717) is 18.5 Å². The predicted molar refractivity (Wildman–Crippen MR) is 81.1 cm³/mol. The molecule has 0 aromatic carbocycles. The molecule has 1 aliphatic carbocycles. The Bertz CT molecular complexity index is 406. The predicted octanol–water partition coefficient (Wildman–Crippen LogP) is 3.27. The van der Waals surface area contributed by atoms with Gasteiger partial charge < -0.3 is 10.1 Å². The smallest absolute Gasteiger partial charge is 0.221 e. The molecule has 0 radical (unpaired) electrons. The fourth-order valence-corrected chi connectivity index (χ4v) is 3.24. The zero-order valence-electron chi connectivity index (χ0n) is 12.0. The summed E-state index contributed by atoms with van der Waals surface area (Å²) in [6.07, 6.45) is 8.82. The van der Waals surface area contributed by atoms with Gasteiger partial charge in [-0.25, -0.2) is 9.97 Å². The summed E-state index contributed by atoms with van der Waals surface area (Å²) in [6.45, 7) is 4.62. The number of nitrogens with one attached hydrogen (secondary N) is 1. The van der Waals surface area contributed by atoms with Crippen molar-refractivity contribution >= 4 is 17.6 Å². The van der Waals surface area contributed by atoms with Gasteiger partial charge in [0.1, 0.15) is 12.1 Å². The van der Waals surface area contributed by atoms with Gasteiger partial charge in [0.25, 0.3) is 0 Å². The van der Waals surface area contributed by atoms with Crippen molar-refractivity contribution in [3.63, 3.8) is 0 Å². The third-order valence-corrected chi connectivity index (χ3v) is 4.81. The normalized spacial score (nSPS) is 23.1. The molecule has 1 fully saturated rings. The van der Waals surface area contributed by atoms with Crippen molar-refractivity contribution in [3.8, 4) is 5.88 Å². The number of nitrogens with zero attached hydrogens (tertiary/aromatic N) is 2. The van der Waals surface area contributed by atoms with Gasteiger partial charge >= 0.3 is 0 Å². The Kier molecular flexibility index (Phi) is 5.31. The molecule has 106 valence electrons. The van der Waals surface area contributed by atoms with Crippen LogP contribution in [0.3, 0.4) is 0 Å². The van der Waals surface area contributed by atoms with Crippen molar-refractivity contribution in [2.24, 2.45) is 0 Å². The third-order valence-electron chi connectivity index (χ3n) is 3.67. The van der Waals surface area contributed by atoms with E-state index in [1.807, 2.05) is 25.6 Å². The molecule has 0 bridgehead atoms. The molecular formula is C14H23N3OS. The topological polar surface area (TPSA) is 47.0 Å². The van der Waals surface area contributed by atoms with Crippen LogP contribution in [0, 0.1) is 6.92 Å². The Morgan fingerprint density at radius 1 is 1.32 bits per heavy atom. The van der Waals surface area contributed by atoms with Crippen LogP contribution in [-0.4, -0.2) is 34.1 Å². The van der Waals surface area contributed by atoms with Crippen LogP contribution in [-0.2, 0) is 0 Å². The molecular weight excluding hydrogens is 258 g/mol. The molecule has 0 saturated heterocycles. The van der Waals surface area contributed by atoms with Gasteiger partial charge in [-0.05, 0) is 45.8 Å². The van der Waals surface area contributed by atoms with Gasteiger partial charge in [-0.3, -0.25) is 0 Å². The first-order valence-electron chi connectivity index (χ1n) is 6.98. The maximum absolute atomic E-state index is 5.51. The molecule has 4 nitrogen and oxygen atoms in total. The number of aromatic nitrogens is 2.